The number of imidazole rings is 1. The van der Waals surface area contributed by atoms with E-state index in [0.29, 0.717) is 13.0 Å². The third-order valence-electron chi connectivity index (χ3n) is 7.03. The van der Waals surface area contributed by atoms with Crippen LogP contribution in [0.3, 0.4) is 0 Å². The summed E-state index contributed by atoms with van der Waals surface area (Å²) in [6.07, 6.45) is 35.7. The van der Waals surface area contributed by atoms with E-state index in [-0.39, 0.29) is 5.91 Å². The second-order valence-electron chi connectivity index (χ2n) is 10.4. The van der Waals surface area contributed by atoms with Gasteiger partial charge in [-0.15, -0.1) is 0 Å². The maximum absolute atomic E-state index is 11.8. The molecule has 0 atom stereocenters. The molecule has 0 saturated carbocycles. The Labute approximate surface area is 211 Å². The highest BCUT2D eigenvalue weighted by atomic mass is 16.1. The first-order chi connectivity index (χ1) is 16.8. The first kappa shape index (κ1) is 30.7. The van der Waals surface area contributed by atoms with Crippen molar-refractivity contribution in [3.05, 3.63) is 18.2 Å². The molecular weight excluding hydrogens is 418 g/mol. The molecule has 0 bridgehead atoms. The molecule has 1 rings (SSSR count). The van der Waals surface area contributed by atoms with E-state index in [1.54, 1.807) is 6.33 Å². The Kier molecular flexibility index (Phi) is 22.4. The fraction of sp³-hybridized carbons (Fsp3) is 0.867. The van der Waals surface area contributed by atoms with Crippen LogP contribution in [-0.4, -0.2) is 22.4 Å². The van der Waals surface area contributed by atoms with Crippen LogP contribution in [0.15, 0.2) is 12.5 Å². The fourth-order valence-electron chi connectivity index (χ4n) is 4.74. The first-order valence-electron chi connectivity index (χ1n) is 15.1. The van der Waals surface area contributed by atoms with Gasteiger partial charge in [0.2, 0.25) is 5.91 Å². The lowest BCUT2D eigenvalue weighted by molar-refractivity contribution is -0.121. The third kappa shape index (κ3) is 21.2. The van der Waals surface area contributed by atoms with Crippen LogP contribution in [0.4, 0.5) is 0 Å². The topological polar surface area (TPSA) is 57.8 Å². The van der Waals surface area contributed by atoms with E-state index in [0.717, 1.165) is 18.5 Å². The predicted octanol–water partition coefficient (Wildman–Crippen LogP) is 9.06. The van der Waals surface area contributed by atoms with Crippen LogP contribution in [0.1, 0.15) is 160 Å². The van der Waals surface area contributed by atoms with Crippen molar-refractivity contribution in [2.24, 2.45) is 0 Å². The number of hydrogen-bond donors (Lipinski definition) is 2. The zero-order valence-corrected chi connectivity index (χ0v) is 22.7. The van der Waals surface area contributed by atoms with Crippen LogP contribution in [0.5, 0.6) is 0 Å². The minimum Gasteiger partial charge on any atom is -0.356 e. The Balaban J connectivity index is 1.67. The van der Waals surface area contributed by atoms with E-state index in [4.69, 9.17) is 0 Å². The Morgan fingerprint density at radius 3 is 1.47 bits per heavy atom. The number of aromatic nitrogens is 2. The summed E-state index contributed by atoms with van der Waals surface area (Å²) in [4.78, 5) is 18.9. The Morgan fingerprint density at radius 1 is 0.676 bits per heavy atom. The summed E-state index contributed by atoms with van der Waals surface area (Å²) in [6.45, 7) is 2.99. The molecule has 1 heterocycles. The molecule has 0 spiro atoms. The number of carbonyl (C=O) groups is 1. The third-order valence-corrected chi connectivity index (χ3v) is 7.03. The molecule has 198 valence electrons. The standard InChI is InChI=1S/C30H57N3O/c1-2-3-4-5-6-7-8-9-10-11-12-13-14-15-16-17-18-19-20-21-22-23-24-30(34)32-26-25-29-27-31-28-33-29/h27-28H,2-26H2,1H3,(H,31,33)(H,32,34). The molecule has 0 aliphatic heterocycles. The van der Waals surface area contributed by atoms with Gasteiger partial charge in [-0.1, -0.05) is 142 Å². The normalized spacial score (nSPS) is 11.2. The van der Waals surface area contributed by atoms with Gasteiger partial charge < -0.3 is 10.3 Å². The van der Waals surface area contributed by atoms with Gasteiger partial charge in [0, 0.05) is 31.3 Å². The lowest BCUT2D eigenvalue weighted by Gasteiger charge is -2.05. The van der Waals surface area contributed by atoms with Gasteiger partial charge in [0.05, 0.1) is 6.33 Å². The van der Waals surface area contributed by atoms with Gasteiger partial charge >= 0.3 is 0 Å². The maximum Gasteiger partial charge on any atom is 0.220 e. The van der Waals surface area contributed by atoms with Crippen LogP contribution in [0, 0.1) is 0 Å². The number of rotatable bonds is 26. The van der Waals surface area contributed by atoms with Gasteiger partial charge in [0.25, 0.3) is 0 Å². The second-order valence-corrected chi connectivity index (χ2v) is 10.4. The Morgan fingerprint density at radius 2 is 1.09 bits per heavy atom. The van der Waals surface area contributed by atoms with Crippen LogP contribution in [0.2, 0.25) is 0 Å². The summed E-state index contributed by atoms with van der Waals surface area (Å²) in [5.41, 5.74) is 1.07. The first-order valence-corrected chi connectivity index (χ1v) is 15.1. The Hall–Kier alpha value is -1.32. The molecule has 4 heteroatoms. The average molecular weight is 476 g/mol. The van der Waals surface area contributed by atoms with Gasteiger partial charge in [0.15, 0.2) is 0 Å². The summed E-state index contributed by atoms with van der Waals surface area (Å²) in [5.74, 6) is 0.188. The van der Waals surface area contributed by atoms with E-state index < -0.39 is 0 Å². The van der Waals surface area contributed by atoms with Crippen molar-refractivity contribution < 1.29 is 4.79 Å². The van der Waals surface area contributed by atoms with Crippen molar-refractivity contribution in [3.8, 4) is 0 Å². The second kappa shape index (κ2) is 24.8. The van der Waals surface area contributed by atoms with Crippen molar-refractivity contribution in [1.82, 2.24) is 15.3 Å². The molecule has 0 aliphatic rings. The number of hydrogen-bond acceptors (Lipinski definition) is 2. The molecule has 1 amide bonds. The molecule has 2 N–H and O–H groups in total. The minimum atomic E-state index is 0.188. The Bertz CT molecular complexity index is 529. The maximum atomic E-state index is 11.8. The van der Waals surface area contributed by atoms with E-state index in [2.05, 4.69) is 22.2 Å². The summed E-state index contributed by atoms with van der Waals surface area (Å²) in [5, 5.41) is 3.00. The number of nitrogens with one attached hydrogen (secondary N) is 2. The lowest BCUT2D eigenvalue weighted by atomic mass is 10.0. The number of aromatic amines is 1. The smallest absolute Gasteiger partial charge is 0.220 e. The highest BCUT2D eigenvalue weighted by molar-refractivity contribution is 5.75. The van der Waals surface area contributed by atoms with Crippen molar-refractivity contribution in [2.45, 2.75) is 161 Å². The van der Waals surface area contributed by atoms with Crippen molar-refractivity contribution in [1.29, 1.82) is 0 Å². The zero-order valence-electron chi connectivity index (χ0n) is 22.7. The van der Waals surface area contributed by atoms with E-state index in [1.165, 1.54) is 135 Å². The number of H-pyrrole nitrogens is 1. The molecule has 34 heavy (non-hydrogen) atoms. The average Bonchev–Trinajstić information content (AvgIpc) is 3.36. The quantitative estimate of drug-likeness (QED) is 0.131. The minimum absolute atomic E-state index is 0.188. The zero-order chi connectivity index (χ0) is 24.4. The molecule has 4 nitrogen and oxygen atoms in total. The van der Waals surface area contributed by atoms with E-state index in [9.17, 15) is 4.79 Å². The molecule has 0 radical (unpaired) electrons. The number of carbonyl (C=O) groups excluding carboxylic acids is 1. The lowest BCUT2D eigenvalue weighted by Crippen LogP contribution is -2.25. The van der Waals surface area contributed by atoms with E-state index in [1.807, 2.05) is 6.20 Å². The van der Waals surface area contributed by atoms with Gasteiger partial charge in [-0.25, -0.2) is 4.98 Å². The van der Waals surface area contributed by atoms with Crippen LogP contribution < -0.4 is 5.32 Å². The molecule has 0 fully saturated rings. The summed E-state index contributed by atoms with van der Waals surface area (Å²) >= 11 is 0. The van der Waals surface area contributed by atoms with Crippen LogP contribution in [0.25, 0.3) is 0 Å². The van der Waals surface area contributed by atoms with Crippen molar-refractivity contribution in [3.63, 3.8) is 0 Å². The number of nitrogens with zero attached hydrogens (tertiary/aromatic N) is 1. The van der Waals surface area contributed by atoms with Gasteiger partial charge in [-0.2, -0.15) is 0 Å². The van der Waals surface area contributed by atoms with E-state index >= 15 is 0 Å². The van der Waals surface area contributed by atoms with Gasteiger partial charge in [-0.05, 0) is 6.42 Å². The number of amides is 1. The van der Waals surface area contributed by atoms with Crippen molar-refractivity contribution >= 4 is 5.91 Å². The predicted molar refractivity (Wildman–Crippen MR) is 147 cm³/mol. The SMILES string of the molecule is CCCCCCCCCCCCCCCCCCCCCCCCC(=O)NCCc1cnc[nH]1. The molecular formula is C30H57N3O. The molecule has 0 saturated heterocycles. The summed E-state index contributed by atoms with van der Waals surface area (Å²) in [6, 6.07) is 0. The molecule has 0 aliphatic carbocycles. The summed E-state index contributed by atoms with van der Waals surface area (Å²) in [7, 11) is 0. The van der Waals surface area contributed by atoms with Crippen LogP contribution >= 0.6 is 0 Å². The molecule has 0 unspecified atom stereocenters. The number of unbranched alkanes of at least 4 members (excludes halogenated alkanes) is 21. The molecule has 1 aromatic rings. The fourth-order valence-corrected chi connectivity index (χ4v) is 4.74. The largest absolute Gasteiger partial charge is 0.356 e. The monoisotopic (exact) mass is 475 g/mol. The van der Waals surface area contributed by atoms with Crippen LogP contribution in [-0.2, 0) is 11.2 Å². The van der Waals surface area contributed by atoms with Gasteiger partial charge in [-0.3, -0.25) is 4.79 Å². The molecule has 1 aromatic heterocycles. The highest BCUT2D eigenvalue weighted by Gasteiger charge is 2.01. The highest BCUT2D eigenvalue weighted by Crippen LogP contribution is 2.15. The molecule has 0 aromatic carbocycles. The van der Waals surface area contributed by atoms with Gasteiger partial charge in [0.1, 0.15) is 0 Å². The van der Waals surface area contributed by atoms with Crippen molar-refractivity contribution in [2.75, 3.05) is 6.54 Å². The summed E-state index contributed by atoms with van der Waals surface area (Å²) < 4.78 is 0.